The second-order valence-corrected chi connectivity index (χ2v) is 5.96. The highest BCUT2D eigenvalue weighted by Gasteiger charge is 2.22. The summed E-state index contributed by atoms with van der Waals surface area (Å²) >= 11 is 3.12. The number of nitrogens with zero attached hydrogens (tertiary/aromatic N) is 1. The lowest BCUT2D eigenvalue weighted by atomic mass is 10.1. The first-order valence-corrected chi connectivity index (χ1v) is 7.58. The zero-order valence-corrected chi connectivity index (χ0v) is 13.0. The Hall–Kier alpha value is -1.30. The number of nitrogens with one attached hydrogen (secondary N) is 1. The summed E-state index contributed by atoms with van der Waals surface area (Å²) in [5, 5.41) is 3.06. The average Bonchev–Trinajstić information content (AvgIpc) is 2.44. The first-order chi connectivity index (χ1) is 9.49. The van der Waals surface area contributed by atoms with Crippen molar-refractivity contribution in [2.24, 2.45) is 0 Å². The minimum atomic E-state index is -0.414. The Morgan fingerprint density at radius 2 is 2.05 bits per heavy atom. The van der Waals surface area contributed by atoms with E-state index in [4.69, 9.17) is 5.73 Å². The second-order valence-electron chi connectivity index (χ2n) is 5.11. The summed E-state index contributed by atoms with van der Waals surface area (Å²) < 4.78 is 13.6. The van der Waals surface area contributed by atoms with Gasteiger partial charge in [-0.15, -0.1) is 0 Å². The van der Waals surface area contributed by atoms with Crippen molar-refractivity contribution < 1.29 is 9.18 Å². The number of halogens is 2. The van der Waals surface area contributed by atoms with Gasteiger partial charge in [-0.1, -0.05) is 0 Å². The molecule has 1 fully saturated rings. The molecule has 0 saturated carbocycles. The van der Waals surface area contributed by atoms with E-state index in [1.807, 2.05) is 4.90 Å². The number of rotatable bonds is 3. The standard InChI is InChI=1S/C14H19BrFN3O/c1-9(14(20)19-5-3-2-4-6-19)18-13-7-10(15)11(16)8-12(13)17/h7-9,18H,2-6,17H2,1H3. The van der Waals surface area contributed by atoms with E-state index in [0.29, 0.717) is 15.8 Å². The molecule has 1 aliphatic rings. The Morgan fingerprint density at radius 3 is 2.70 bits per heavy atom. The second kappa shape index (κ2) is 6.43. The molecule has 6 heteroatoms. The number of hydrogen-bond donors (Lipinski definition) is 2. The van der Waals surface area contributed by atoms with Crippen molar-refractivity contribution in [1.29, 1.82) is 0 Å². The fraction of sp³-hybridized carbons (Fsp3) is 0.500. The van der Waals surface area contributed by atoms with E-state index in [1.54, 1.807) is 13.0 Å². The predicted molar refractivity (Wildman–Crippen MR) is 82.0 cm³/mol. The summed E-state index contributed by atoms with van der Waals surface area (Å²) in [4.78, 5) is 14.2. The van der Waals surface area contributed by atoms with Crippen molar-refractivity contribution in [2.75, 3.05) is 24.1 Å². The van der Waals surface area contributed by atoms with Crippen LogP contribution in [0.5, 0.6) is 0 Å². The number of likely N-dealkylation sites (tertiary alicyclic amines) is 1. The summed E-state index contributed by atoms with van der Waals surface area (Å²) in [5.41, 5.74) is 6.63. The highest BCUT2D eigenvalue weighted by molar-refractivity contribution is 9.10. The van der Waals surface area contributed by atoms with Crippen LogP contribution in [0.1, 0.15) is 26.2 Å². The van der Waals surface area contributed by atoms with Crippen LogP contribution in [0.2, 0.25) is 0 Å². The fourth-order valence-corrected chi connectivity index (χ4v) is 2.71. The van der Waals surface area contributed by atoms with Gasteiger partial charge in [-0.3, -0.25) is 4.79 Å². The molecule has 1 saturated heterocycles. The molecule has 20 heavy (non-hydrogen) atoms. The number of anilines is 2. The molecule has 0 spiro atoms. The summed E-state index contributed by atoms with van der Waals surface area (Å²) in [6, 6.07) is 2.42. The molecule has 0 aromatic heterocycles. The van der Waals surface area contributed by atoms with Crippen molar-refractivity contribution in [3.63, 3.8) is 0 Å². The number of carbonyl (C=O) groups is 1. The van der Waals surface area contributed by atoms with Crippen molar-refractivity contribution in [1.82, 2.24) is 4.90 Å². The van der Waals surface area contributed by atoms with Crippen LogP contribution in [-0.4, -0.2) is 29.9 Å². The Balaban J connectivity index is 2.05. The van der Waals surface area contributed by atoms with Crippen molar-refractivity contribution in [2.45, 2.75) is 32.2 Å². The van der Waals surface area contributed by atoms with E-state index in [-0.39, 0.29) is 11.9 Å². The number of benzene rings is 1. The molecular formula is C14H19BrFN3O. The van der Waals surface area contributed by atoms with E-state index in [9.17, 15) is 9.18 Å². The zero-order chi connectivity index (χ0) is 14.7. The molecule has 1 amide bonds. The molecular weight excluding hydrogens is 325 g/mol. The molecule has 1 atom stereocenters. The maximum Gasteiger partial charge on any atom is 0.244 e. The molecule has 0 radical (unpaired) electrons. The van der Waals surface area contributed by atoms with Crippen molar-refractivity contribution in [3.05, 3.63) is 22.4 Å². The SMILES string of the molecule is CC(Nc1cc(Br)c(F)cc1N)C(=O)N1CCCCC1. The van der Waals surface area contributed by atoms with Gasteiger partial charge in [-0.2, -0.15) is 0 Å². The highest BCUT2D eigenvalue weighted by Crippen LogP contribution is 2.27. The number of nitrogen functional groups attached to an aromatic ring is 1. The molecule has 1 aliphatic heterocycles. The quantitative estimate of drug-likeness (QED) is 0.829. The molecule has 110 valence electrons. The lowest BCUT2D eigenvalue weighted by molar-refractivity contribution is -0.132. The minimum absolute atomic E-state index is 0.0598. The zero-order valence-electron chi connectivity index (χ0n) is 11.5. The first-order valence-electron chi connectivity index (χ1n) is 6.79. The van der Waals surface area contributed by atoms with Crippen molar-refractivity contribution in [3.8, 4) is 0 Å². The smallest absolute Gasteiger partial charge is 0.244 e. The third-order valence-electron chi connectivity index (χ3n) is 3.50. The number of nitrogens with two attached hydrogens (primary N) is 1. The van der Waals surface area contributed by atoms with Gasteiger partial charge in [0.05, 0.1) is 15.8 Å². The fourth-order valence-electron chi connectivity index (χ4n) is 2.37. The molecule has 1 unspecified atom stereocenters. The number of amides is 1. The van der Waals surface area contributed by atoms with Crippen LogP contribution in [0.15, 0.2) is 16.6 Å². The van der Waals surface area contributed by atoms with Gasteiger partial charge < -0.3 is 16.0 Å². The van der Waals surface area contributed by atoms with Gasteiger partial charge >= 0.3 is 0 Å². The molecule has 1 aromatic rings. The van der Waals surface area contributed by atoms with E-state index >= 15 is 0 Å². The van der Waals surface area contributed by atoms with Crippen LogP contribution in [0.4, 0.5) is 15.8 Å². The third kappa shape index (κ3) is 3.42. The Bertz CT molecular complexity index is 503. The van der Waals surface area contributed by atoms with Gasteiger partial charge in [-0.05, 0) is 48.2 Å². The maximum absolute atomic E-state index is 13.3. The summed E-state index contributed by atoms with van der Waals surface area (Å²) in [7, 11) is 0. The van der Waals surface area contributed by atoms with Gasteiger partial charge in [-0.25, -0.2) is 4.39 Å². The Morgan fingerprint density at radius 1 is 1.40 bits per heavy atom. The number of hydrogen-bond acceptors (Lipinski definition) is 3. The lowest BCUT2D eigenvalue weighted by Gasteiger charge is -2.30. The normalized spacial score (nSPS) is 16.9. The third-order valence-corrected chi connectivity index (χ3v) is 4.11. The predicted octanol–water partition coefficient (Wildman–Crippen LogP) is 2.98. The molecule has 2 rings (SSSR count). The Kier molecular flexibility index (Phi) is 4.86. The summed E-state index contributed by atoms with van der Waals surface area (Å²) in [6.45, 7) is 3.43. The highest BCUT2D eigenvalue weighted by atomic mass is 79.9. The van der Waals surface area contributed by atoms with Gasteiger partial charge in [0.2, 0.25) is 5.91 Å². The van der Waals surface area contributed by atoms with Crippen LogP contribution in [0, 0.1) is 5.82 Å². The number of piperidine rings is 1. The molecule has 3 N–H and O–H groups in total. The topological polar surface area (TPSA) is 58.4 Å². The monoisotopic (exact) mass is 343 g/mol. The number of carbonyl (C=O) groups excluding carboxylic acids is 1. The molecule has 0 bridgehead atoms. The van der Waals surface area contributed by atoms with E-state index in [0.717, 1.165) is 25.9 Å². The van der Waals surface area contributed by atoms with Crippen LogP contribution in [0.25, 0.3) is 0 Å². The summed E-state index contributed by atoms with van der Waals surface area (Å²) in [5.74, 6) is -0.354. The van der Waals surface area contributed by atoms with Gasteiger partial charge in [0.1, 0.15) is 11.9 Å². The van der Waals surface area contributed by atoms with Gasteiger partial charge in [0, 0.05) is 19.2 Å². The average molecular weight is 344 g/mol. The van der Waals surface area contributed by atoms with E-state index in [2.05, 4.69) is 21.2 Å². The van der Waals surface area contributed by atoms with Crippen LogP contribution < -0.4 is 11.1 Å². The molecule has 0 aliphatic carbocycles. The van der Waals surface area contributed by atoms with E-state index in [1.165, 1.54) is 12.5 Å². The van der Waals surface area contributed by atoms with Gasteiger partial charge in [0.15, 0.2) is 0 Å². The molecule has 1 aromatic carbocycles. The summed E-state index contributed by atoms with van der Waals surface area (Å²) in [6.07, 6.45) is 3.30. The minimum Gasteiger partial charge on any atom is -0.397 e. The van der Waals surface area contributed by atoms with Crippen LogP contribution in [0.3, 0.4) is 0 Å². The van der Waals surface area contributed by atoms with Crippen LogP contribution in [-0.2, 0) is 4.79 Å². The first kappa shape index (κ1) is 15.1. The van der Waals surface area contributed by atoms with Crippen molar-refractivity contribution >= 4 is 33.2 Å². The maximum atomic E-state index is 13.3. The van der Waals surface area contributed by atoms with Gasteiger partial charge in [0.25, 0.3) is 0 Å². The molecule has 4 nitrogen and oxygen atoms in total. The van der Waals surface area contributed by atoms with E-state index < -0.39 is 5.82 Å². The largest absolute Gasteiger partial charge is 0.397 e. The van der Waals surface area contributed by atoms with Crippen LogP contribution >= 0.6 is 15.9 Å². The Labute approximate surface area is 126 Å². The molecule has 1 heterocycles. The lowest BCUT2D eigenvalue weighted by Crippen LogP contribution is -2.44.